The molecule has 75 heavy (non-hydrogen) atoms. The van der Waals surface area contributed by atoms with E-state index in [0.717, 1.165) is 68.1 Å². The van der Waals surface area contributed by atoms with E-state index in [1.807, 2.05) is 72.8 Å². The van der Waals surface area contributed by atoms with E-state index in [2.05, 4.69) is 120 Å². The molecule has 0 amide bonds. The van der Waals surface area contributed by atoms with Gasteiger partial charge in [-0.1, -0.05) is 61.7 Å². The molecule has 0 unspecified atom stereocenters. The molecule has 7 rings (SSSR count). The first-order valence-electron chi connectivity index (χ1n) is 24.4. The zero-order chi connectivity index (χ0) is 53.5. The highest BCUT2D eigenvalue weighted by atomic mass is 16.5. The molecular formula is C63H64N2O10. The molecule has 0 fully saturated rings. The fourth-order valence-corrected chi connectivity index (χ4v) is 7.40. The zero-order valence-electron chi connectivity index (χ0n) is 43.5. The van der Waals surface area contributed by atoms with Crippen molar-refractivity contribution in [3.05, 3.63) is 211 Å². The topological polar surface area (TPSA) is 122 Å². The predicted octanol–water partition coefficient (Wildman–Crippen LogP) is 14.3. The molecule has 0 N–H and O–H groups in total. The lowest BCUT2D eigenvalue weighted by Crippen LogP contribution is -2.10. The maximum absolute atomic E-state index is 11.6. The minimum absolute atomic E-state index is 0.282. The number of anilines is 6. The van der Waals surface area contributed by atoms with E-state index in [0.29, 0.717) is 49.6 Å². The van der Waals surface area contributed by atoms with Crippen molar-refractivity contribution in [3.63, 3.8) is 0 Å². The van der Waals surface area contributed by atoms with Crippen molar-refractivity contribution in [2.45, 2.75) is 33.6 Å². The summed E-state index contributed by atoms with van der Waals surface area (Å²) < 4.78 is 36.9. The standard InChI is InChI=1S/C46H44N2O5.C17H20O5/c1-33(2)46(49)53-31-7-30-52-45-28-22-40(23-29-45)47(39-18-24-43(50-4)25-19-39)37-14-10-35(11-15-37)36-12-16-38(17-13-36)48(42-9-6-8-34(3)32-42)41-20-26-44(51-5)27-21-41;1-13(2)17(19)22-12-4-11-21-15-8-5-14(6-9-15)7-10-16(18)20-3/h6,8-29,32H,1,7,30-31H2,2-5H3;5-10H,1,4,11-12H2,2-3H3/b;10-7+. The largest absolute Gasteiger partial charge is 0.497 e. The van der Waals surface area contributed by atoms with E-state index in [1.54, 1.807) is 46.3 Å². The highest BCUT2D eigenvalue weighted by molar-refractivity contribution is 5.88. The Labute approximate surface area is 440 Å². The molecule has 0 atom stereocenters. The Balaban J connectivity index is 0.000000349. The van der Waals surface area contributed by atoms with E-state index in [-0.39, 0.29) is 18.5 Å². The second kappa shape index (κ2) is 28.3. The van der Waals surface area contributed by atoms with Gasteiger partial charge in [0, 0.05) is 64.2 Å². The zero-order valence-corrected chi connectivity index (χ0v) is 43.5. The predicted molar refractivity (Wildman–Crippen MR) is 298 cm³/mol. The fourth-order valence-electron chi connectivity index (χ4n) is 7.40. The average Bonchev–Trinajstić information content (AvgIpc) is 3.44. The molecule has 0 aromatic heterocycles. The van der Waals surface area contributed by atoms with Crippen molar-refractivity contribution in [1.82, 2.24) is 0 Å². The van der Waals surface area contributed by atoms with Gasteiger partial charge in [-0.05, 0) is 170 Å². The maximum atomic E-state index is 11.6. The Morgan fingerprint density at radius 1 is 0.467 bits per heavy atom. The van der Waals surface area contributed by atoms with E-state index in [9.17, 15) is 14.4 Å². The summed E-state index contributed by atoms with van der Waals surface area (Å²) in [6.07, 6.45) is 4.20. The smallest absolute Gasteiger partial charge is 0.333 e. The van der Waals surface area contributed by atoms with Crippen LogP contribution in [0.25, 0.3) is 17.2 Å². The Hall–Kier alpha value is -9.03. The summed E-state index contributed by atoms with van der Waals surface area (Å²) in [5.41, 5.74) is 11.2. The number of rotatable bonds is 23. The summed E-state index contributed by atoms with van der Waals surface area (Å²) >= 11 is 0. The van der Waals surface area contributed by atoms with Gasteiger partial charge >= 0.3 is 17.9 Å². The summed E-state index contributed by atoms with van der Waals surface area (Å²) in [6, 6.07) is 57.2. The third-order valence-electron chi connectivity index (χ3n) is 11.4. The molecule has 0 saturated carbocycles. The van der Waals surface area contributed by atoms with Gasteiger partial charge in [0.1, 0.15) is 23.0 Å². The first-order valence-corrected chi connectivity index (χ1v) is 24.4. The maximum Gasteiger partial charge on any atom is 0.333 e. The Morgan fingerprint density at radius 3 is 1.21 bits per heavy atom. The summed E-state index contributed by atoms with van der Waals surface area (Å²) in [6.45, 7) is 13.9. The van der Waals surface area contributed by atoms with E-state index in [1.165, 1.54) is 18.7 Å². The SMILES string of the molecule is C=C(C)C(=O)OCCCOc1ccc(/C=C/C(=O)OC)cc1.C=C(C)C(=O)OCCCOc1ccc(N(c2ccc(OC)cc2)c2ccc(-c3ccc(N(c4ccc(OC)cc4)c4cccc(C)c4)cc3)cc2)cc1. The fraction of sp³-hybridized carbons (Fsp3) is 0.190. The molecule has 7 aromatic rings. The first kappa shape index (κ1) is 55.3. The number of hydrogen-bond donors (Lipinski definition) is 0. The molecule has 0 saturated heterocycles. The highest BCUT2D eigenvalue weighted by Gasteiger charge is 2.16. The second-order valence-corrected chi connectivity index (χ2v) is 17.2. The van der Waals surface area contributed by atoms with Gasteiger partial charge in [0.25, 0.3) is 0 Å². The number of ether oxygens (including phenoxy) is 7. The quantitative estimate of drug-likeness (QED) is 0.0262. The lowest BCUT2D eigenvalue weighted by molar-refractivity contribution is -0.140. The van der Waals surface area contributed by atoms with Gasteiger partial charge in [0.15, 0.2) is 0 Å². The van der Waals surface area contributed by atoms with Gasteiger partial charge < -0.3 is 43.0 Å². The van der Waals surface area contributed by atoms with Crippen molar-refractivity contribution in [2.75, 3.05) is 57.6 Å². The Kier molecular flexibility index (Phi) is 20.8. The molecule has 12 heteroatoms. The third kappa shape index (κ3) is 16.8. The number of carbonyl (C=O) groups excluding carboxylic acids is 3. The van der Waals surface area contributed by atoms with Crippen LogP contribution in [0.1, 0.15) is 37.8 Å². The normalized spacial score (nSPS) is 10.5. The van der Waals surface area contributed by atoms with E-state index >= 15 is 0 Å². The van der Waals surface area contributed by atoms with E-state index < -0.39 is 5.97 Å². The number of carbonyl (C=O) groups is 3. The molecule has 0 aliphatic carbocycles. The molecule has 0 heterocycles. The van der Waals surface area contributed by atoms with Crippen molar-refractivity contribution >= 4 is 58.1 Å². The average molecular weight is 1010 g/mol. The number of esters is 3. The van der Waals surface area contributed by atoms with Gasteiger partial charge in [-0.15, -0.1) is 0 Å². The number of nitrogens with zero attached hydrogens (tertiary/aromatic N) is 2. The van der Waals surface area contributed by atoms with Crippen LogP contribution in [0.2, 0.25) is 0 Å². The molecule has 12 nitrogen and oxygen atoms in total. The summed E-state index contributed by atoms with van der Waals surface area (Å²) in [7, 11) is 4.68. The van der Waals surface area contributed by atoms with Gasteiger partial charge in [-0.25, -0.2) is 14.4 Å². The number of benzene rings is 7. The first-order chi connectivity index (χ1) is 36.3. The van der Waals surface area contributed by atoms with Gasteiger partial charge in [0.2, 0.25) is 0 Å². The number of methoxy groups -OCH3 is 3. The molecule has 0 spiro atoms. The highest BCUT2D eigenvalue weighted by Crippen LogP contribution is 2.39. The van der Waals surface area contributed by atoms with Crippen LogP contribution in [0, 0.1) is 6.92 Å². The molecular weight excluding hydrogens is 945 g/mol. The monoisotopic (exact) mass is 1010 g/mol. The number of aryl methyl sites for hydroxylation is 1. The lowest BCUT2D eigenvalue weighted by atomic mass is 10.0. The Morgan fingerprint density at radius 2 is 0.840 bits per heavy atom. The molecule has 7 aromatic carbocycles. The van der Waals surface area contributed by atoms with Crippen LogP contribution < -0.4 is 28.7 Å². The minimum atomic E-state index is -0.398. The summed E-state index contributed by atoms with van der Waals surface area (Å²) in [4.78, 5) is 38.2. The molecule has 0 bridgehead atoms. The van der Waals surface area contributed by atoms with Crippen molar-refractivity contribution in [2.24, 2.45) is 0 Å². The van der Waals surface area contributed by atoms with Crippen molar-refractivity contribution < 1.29 is 47.5 Å². The van der Waals surface area contributed by atoms with Crippen LogP contribution in [0.4, 0.5) is 34.1 Å². The Bertz CT molecular complexity index is 2990. The van der Waals surface area contributed by atoms with Crippen molar-refractivity contribution in [1.29, 1.82) is 0 Å². The van der Waals surface area contributed by atoms with Gasteiger partial charge in [-0.2, -0.15) is 0 Å². The van der Waals surface area contributed by atoms with Gasteiger partial charge in [-0.3, -0.25) is 0 Å². The molecule has 386 valence electrons. The van der Waals surface area contributed by atoms with Crippen LogP contribution in [0.5, 0.6) is 23.0 Å². The van der Waals surface area contributed by atoms with Crippen LogP contribution >= 0.6 is 0 Å². The van der Waals surface area contributed by atoms with Crippen LogP contribution in [0.3, 0.4) is 0 Å². The number of hydrogen-bond acceptors (Lipinski definition) is 12. The minimum Gasteiger partial charge on any atom is -0.497 e. The van der Waals surface area contributed by atoms with Crippen LogP contribution in [-0.4, -0.2) is 65.7 Å². The lowest BCUT2D eigenvalue weighted by Gasteiger charge is -2.26. The van der Waals surface area contributed by atoms with Crippen molar-refractivity contribution in [3.8, 4) is 34.1 Å². The second-order valence-electron chi connectivity index (χ2n) is 17.2. The van der Waals surface area contributed by atoms with Gasteiger partial charge in [0.05, 0.1) is 47.8 Å². The molecule has 0 aliphatic heterocycles. The summed E-state index contributed by atoms with van der Waals surface area (Å²) in [5.74, 6) is 1.89. The molecule has 0 radical (unpaired) electrons. The summed E-state index contributed by atoms with van der Waals surface area (Å²) in [5, 5.41) is 0. The van der Waals surface area contributed by atoms with E-state index in [4.69, 9.17) is 28.4 Å². The third-order valence-corrected chi connectivity index (χ3v) is 11.4. The molecule has 0 aliphatic rings. The van der Waals surface area contributed by atoms with Crippen LogP contribution in [-0.2, 0) is 28.6 Å². The van der Waals surface area contributed by atoms with Crippen LogP contribution in [0.15, 0.2) is 200 Å².